The quantitative estimate of drug-likeness (QED) is 0.489. The zero-order valence-electron chi connectivity index (χ0n) is 19.6. The summed E-state index contributed by atoms with van der Waals surface area (Å²) in [6.07, 6.45) is 0.166. The van der Waals surface area contributed by atoms with Gasteiger partial charge in [-0.25, -0.2) is 4.79 Å². The minimum atomic E-state index is -0.426. The first kappa shape index (κ1) is 24.4. The Morgan fingerprint density at radius 2 is 1.64 bits per heavy atom. The number of hydrogen-bond acceptors (Lipinski definition) is 6. The smallest absolute Gasteiger partial charge is 0.338 e. The molecule has 0 bridgehead atoms. The molecule has 33 heavy (non-hydrogen) atoms. The molecule has 3 rings (SSSR count). The fourth-order valence-electron chi connectivity index (χ4n) is 3.77. The van der Waals surface area contributed by atoms with Gasteiger partial charge in [0, 0.05) is 0 Å². The Balaban J connectivity index is 2.05. The lowest BCUT2D eigenvalue weighted by molar-refractivity contribution is -0.143. The first-order valence-corrected chi connectivity index (χ1v) is 11.7. The molecule has 0 spiro atoms. The van der Waals surface area contributed by atoms with E-state index in [4.69, 9.17) is 9.47 Å². The zero-order valence-corrected chi connectivity index (χ0v) is 20.4. The van der Waals surface area contributed by atoms with E-state index in [9.17, 15) is 14.4 Å². The van der Waals surface area contributed by atoms with Crippen LogP contribution in [-0.2, 0) is 32.0 Å². The van der Waals surface area contributed by atoms with Gasteiger partial charge >= 0.3 is 11.9 Å². The molecule has 8 heteroatoms. The van der Waals surface area contributed by atoms with Crippen molar-refractivity contribution in [3.63, 3.8) is 0 Å². The van der Waals surface area contributed by atoms with Gasteiger partial charge in [0.1, 0.15) is 6.54 Å². The van der Waals surface area contributed by atoms with Crippen LogP contribution in [0.4, 0.5) is 0 Å². The Labute approximate surface area is 196 Å². The van der Waals surface area contributed by atoms with Crippen molar-refractivity contribution in [2.45, 2.75) is 47.6 Å². The number of amides is 1. The van der Waals surface area contributed by atoms with Crippen LogP contribution in [0, 0.1) is 20.8 Å². The van der Waals surface area contributed by atoms with Gasteiger partial charge in [0.15, 0.2) is 4.80 Å². The number of nitrogens with zero attached hydrogens (tertiary/aromatic N) is 2. The van der Waals surface area contributed by atoms with E-state index in [1.54, 1.807) is 36.6 Å². The lowest BCUT2D eigenvalue weighted by Crippen LogP contribution is -2.23. The van der Waals surface area contributed by atoms with Gasteiger partial charge in [0.25, 0.3) is 5.91 Å². The highest BCUT2D eigenvalue weighted by molar-refractivity contribution is 7.16. The van der Waals surface area contributed by atoms with E-state index < -0.39 is 11.9 Å². The van der Waals surface area contributed by atoms with Gasteiger partial charge in [0.05, 0.1) is 35.4 Å². The maximum Gasteiger partial charge on any atom is 0.338 e. The largest absolute Gasteiger partial charge is 0.465 e. The fraction of sp³-hybridized carbons (Fsp3) is 0.360. The maximum absolute atomic E-state index is 12.9. The molecule has 174 valence electrons. The molecule has 0 unspecified atom stereocenters. The minimum absolute atomic E-state index is 0.0820. The standard InChI is InChI=1S/C25H28N2O5S/c1-6-31-23(29)14-27-20-9-8-18(24(30)32-7-2)12-21(20)33-25(27)26-22(28)13-19-16(4)10-15(3)11-17(19)5/h8-12H,6-7,13-14H2,1-5H3. The number of esters is 2. The number of thiazole rings is 1. The monoisotopic (exact) mass is 468 g/mol. The van der Waals surface area contributed by atoms with Crippen LogP contribution >= 0.6 is 11.3 Å². The maximum atomic E-state index is 12.9. The van der Waals surface area contributed by atoms with Crippen LogP contribution in [0.1, 0.15) is 46.5 Å². The van der Waals surface area contributed by atoms with Crippen LogP contribution in [0.25, 0.3) is 10.2 Å². The van der Waals surface area contributed by atoms with Crippen LogP contribution < -0.4 is 4.80 Å². The highest BCUT2D eigenvalue weighted by Gasteiger charge is 2.16. The molecule has 0 aliphatic rings. The van der Waals surface area contributed by atoms with Gasteiger partial charge in [-0.2, -0.15) is 4.99 Å². The third-order valence-corrected chi connectivity index (χ3v) is 6.22. The van der Waals surface area contributed by atoms with Crippen LogP contribution in [0.2, 0.25) is 0 Å². The SMILES string of the molecule is CCOC(=O)Cn1c(=NC(=O)Cc2c(C)cc(C)cc2C)sc2cc(C(=O)OCC)ccc21. The predicted molar refractivity (Wildman–Crippen MR) is 127 cm³/mol. The second kappa shape index (κ2) is 10.6. The Bertz CT molecular complexity index is 1260. The molecule has 0 N–H and O–H groups in total. The molecule has 1 aromatic heterocycles. The minimum Gasteiger partial charge on any atom is -0.465 e. The molecular formula is C25H28N2O5S. The second-order valence-corrected chi connectivity index (χ2v) is 8.75. The van der Waals surface area contributed by atoms with Crippen molar-refractivity contribution in [1.82, 2.24) is 4.57 Å². The number of aryl methyl sites for hydroxylation is 3. The van der Waals surface area contributed by atoms with E-state index in [-0.39, 0.29) is 32.1 Å². The lowest BCUT2D eigenvalue weighted by atomic mass is 9.97. The third-order valence-electron chi connectivity index (χ3n) is 5.18. The molecule has 0 aliphatic carbocycles. The summed E-state index contributed by atoms with van der Waals surface area (Å²) in [6, 6.07) is 9.16. The zero-order chi connectivity index (χ0) is 24.1. The predicted octanol–water partition coefficient (Wildman–Crippen LogP) is 4.04. The Hall–Kier alpha value is -3.26. The van der Waals surface area contributed by atoms with Gasteiger partial charge in [0.2, 0.25) is 0 Å². The van der Waals surface area contributed by atoms with Crippen molar-refractivity contribution in [1.29, 1.82) is 0 Å². The van der Waals surface area contributed by atoms with Gasteiger partial charge in [-0.1, -0.05) is 29.0 Å². The van der Waals surface area contributed by atoms with Gasteiger partial charge < -0.3 is 14.0 Å². The molecule has 3 aromatic rings. The number of rotatable bonds is 7. The van der Waals surface area contributed by atoms with Crippen molar-refractivity contribution in [3.8, 4) is 0 Å². The average molecular weight is 469 g/mol. The fourth-order valence-corrected chi connectivity index (χ4v) is 4.86. The summed E-state index contributed by atoms with van der Waals surface area (Å²) < 4.78 is 12.6. The lowest BCUT2D eigenvalue weighted by Gasteiger charge is -2.09. The summed E-state index contributed by atoms with van der Waals surface area (Å²) in [4.78, 5) is 42.0. The Morgan fingerprint density at radius 3 is 2.27 bits per heavy atom. The van der Waals surface area contributed by atoms with E-state index >= 15 is 0 Å². The first-order valence-electron chi connectivity index (χ1n) is 10.8. The van der Waals surface area contributed by atoms with Crippen molar-refractivity contribution in [2.75, 3.05) is 13.2 Å². The van der Waals surface area contributed by atoms with E-state index in [1.165, 1.54) is 11.3 Å². The Morgan fingerprint density at radius 1 is 0.970 bits per heavy atom. The van der Waals surface area contributed by atoms with E-state index in [0.717, 1.165) is 27.0 Å². The molecule has 1 heterocycles. The first-order chi connectivity index (χ1) is 15.7. The van der Waals surface area contributed by atoms with E-state index in [2.05, 4.69) is 4.99 Å². The van der Waals surface area contributed by atoms with Crippen LogP contribution in [-0.4, -0.2) is 35.6 Å². The summed E-state index contributed by atoms with van der Waals surface area (Å²) in [6.45, 7) is 9.93. The summed E-state index contributed by atoms with van der Waals surface area (Å²) in [5.74, 6) is -1.16. The van der Waals surface area contributed by atoms with Gasteiger partial charge in [-0.05, 0) is 69.5 Å². The summed E-state index contributed by atoms with van der Waals surface area (Å²) in [5.41, 5.74) is 5.29. The number of ether oxygens (including phenoxy) is 2. The average Bonchev–Trinajstić information content (AvgIpc) is 3.07. The molecular weight excluding hydrogens is 440 g/mol. The number of fused-ring (bicyclic) bond motifs is 1. The molecule has 2 aromatic carbocycles. The molecule has 0 aliphatic heterocycles. The third kappa shape index (κ3) is 5.76. The highest BCUT2D eigenvalue weighted by Crippen LogP contribution is 2.21. The Kier molecular flexibility index (Phi) is 7.81. The van der Waals surface area contributed by atoms with Crippen LogP contribution in [0.3, 0.4) is 0 Å². The number of hydrogen-bond donors (Lipinski definition) is 0. The second-order valence-electron chi connectivity index (χ2n) is 7.74. The topological polar surface area (TPSA) is 87.0 Å². The van der Waals surface area contributed by atoms with Gasteiger partial charge in [-0.15, -0.1) is 0 Å². The number of carbonyl (C=O) groups excluding carboxylic acids is 3. The molecule has 0 saturated heterocycles. The molecule has 7 nitrogen and oxygen atoms in total. The van der Waals surface area contributed by atoms with Crippen molar-refractivity contribution >= 4 is 39.4 Å². The van der Waals surface area contributed by atoms with Crippen molar-refractivity contribution < 1.29 is 23.9 Å². The number of aromatic nitrogens is 1. The summed E-state index contributed by atoms with van der Waals surface area (Å²) >= 11 is 1.24. The number of carbonyl (C=O) groups is 3. The number of benzene rings is 2. The van der Waals surface area contributed by atoms with Crippen molar-refractivity contribution in [2.24, 2.45) is 4.99 Å². The molecule has 0 saturated carbocycles. The van der Waals surface area contributed by atoms with Gasteiger partial charge in [-0.3, -0.25) is 9.59 Å². The summed E-state index contributed by atoms with van der Waals surface area (Å²) in [7, 11) is 0. The molecule has 0 atom stereocenters. The highest BCUT2D eigenvalue weighted by atomic mass is 32.1. The van der Waals surface area contributed by atoms with Crippen LogP contribution in [0.5, 0.6) is 0 Å². The summed E-state index contributed by atoms with van der Waals surface area (Å²) in [5, 5.41) is 0. The molecule has 0 fully saturated rings. The van der Waals surface area contributed by atoms with E-state index in [0.29, 0.717) is 15.9 Å². The van der Waals surface area contributed by atoms with E-state index in [1.807, 2.05) is 32.9 Å². The normalized spacial score (nSPS) is 11.6. The van der Waals surface area contributed by atoms with Crippen molar-refractivity contribution in [3.05, 3.63) is 63.0 Å². The molecule has 0 radical (unpaired) electrons. The molecule has 1 amide bonds. The van der Waals surface area contributed by atoms with Crippen LogP contribution in [0.15, 0.2) is 35.3 Å².